The monoisotopic (exact) mass is 392 g/mol. The second-order valence-corrected chi connectivity index (χ2v) is 7.18. The Morgan fingerprint density at radius 1 is 1.00 bits per heavy atom. The summed E-state index contributed by atoms with van der Waals surface area (Å²) in [6.07, 6.45) is -0.106. The molecule has 2 aromatic carbocycles. The number of nitrogens with one attached hydrogen (secondary N) is 2. The van der Waals surface area contributed by atoms with E-state index in [9.17, 15) is 18.0 Å². The van der Waals surface area contributed by atoms with Crippen LogP contribution in [0.5, 0.6) is 5.75 Å². The molecule has 27 heavy (non-hydrogen) atoms. The molecule has 9 heteroatoms. The van der Waals surface area contributed by atoms with Gasteiger partial charge in [0.25, 0.3) is 0 Å². The molecule has 0 unspecified atom stereocenters. The van der Waals surface area contributed by atoms with Crippen LogP contribution in [0.1, 0.15) is 16.8 Å². The number of benzene rings is 2. The van der Waals surface area contributed by atoms with Crippen molar-refractivity contribution in [2.45, 2.75) is 11.3 Å². The number of methoxy groups -OCH3 is 2. The fourth-order valence-electron chi connectivity index (χ4n) is 2.23. The van der Waals surface area contributed by atoms with Gasteiger partial charge in [-0.25, -0.2) is 17.9 Å². The minimum absolute atomic E-state index is 0.0692. The Morgan fingerprint density at radius 3 is 2.30 bits per heavy atom. The molecule has 0 radical (unpaired) electrons. The highest BCUT2D eigenvalue weighted by Crippen LogP contribution is 2.17. The molecule has 1 amide bonds. The van der Waals surface area contributed by atoms with E-state index in [0.717, 1.165) is 0 Å². The third-order valence-corrected chi connectivity index (χ3v) is 5.10. The van der Waals surface area contributed by atoms with Crippen LogP contribution in [0.2, 0.25) is 0 Å². The highest BCUT2D eigenvalue weighted by atomic mass is 32.2. The first-order valence-corrected chi connectivity index (χ1v) is 9.46. The van der Waals surface area contributed by atoms with Gasteiger partial charge in [-0.2, -0.15) is 0 Å². The number of hydrogen-bond donors (Lipinski definition) is 2. The van der Waals surface area contributed by atoms with Gasteiger partial charge in [-0.3, -0.25) is 4.79 Å². The molecule has 0 atom stereocenters. The maximum Gasteiger partial charge on any atom is 0.339 e. The Labute approximate surface area is 157 Å². The number of ether oxygens (including phenoxy) is 2. The number of hydrogen-bond acceptors (Lipinski definition) is 6. The lowest BCUT2D eigenvalue weighted by atomic mass is 10.1. The summed E-state index contributed by atoms with van der Waals surface area (Å²) >= 11 is 0. The Kier molecular flexibility index (Phi) is 6.91. The second-order valence-electron chi connectivity index (χ2n) is 5.41. The predicted molar refractivity (Wildman–Crippen MR) is 99.2 cm³/mol. The van der Waals surface area contributed by atoms with E-state index in [2.05, 4.69) is 14.8 Å². The number of carbonyl (C=O) groups is 2. The Balaban J connectivity index is 1.93. The van der Waals surface area contributed by atoms with Gasteiger partial charge in [-0.1, -0.05) is 12.1 Å². The van der Waals surface area contributed by atoms with Crippen molar-refractivity contribution in [2.24, 2.45) is 0 Å². The summed E-state index contributed by atoms with van der Waals surface area (Å²) in [5.74, 6) is -0.479. The fourth-order valence-corrected chi connectivity index (χ4v) is 3.26. The summed E-state index contributed by atoms with van der Waals surface area (Å²) in [5, 5.41) is 2.58. The lowest BCUT2D eigenvalue weighted by Crippen LogP contribution is -2.28. The minimum atomic E-state index is -3.74. The van der Waals surface area contributed by atoms with Crippen LogP contribution in [-0.2, 0) is 19.6 Å². The molecule has 0 aromatic heterocycles. The van der Waals surface area contributed by atoms with E-state index in [1.807, 2.05) is 0 Å². The number of carbonyl (C=O) groups excluding carboxylic acids is 2. The molecule has 2 N–H and O–H groups in total. The van der Waals surface area contributed by atoms with Gasteiger partial charge in [-0.15, -0.1) is 0 Å². The molecule has 0 heterocycles. The van der Waals surface area contributed by atoms with Crippen molar-refractivity contribution in [3.8, 4) is 5.75 Å². The molecular formula is C18H20N2O6S. The van der Waals surface area contributed by atoms with Crippen LogP contribution < -0.4 is 14.8 Å². The molecule has 0 saturated carbocycles. The Bertz CT molecular complexity index is 910. The van der Waals surface area contributed by atoms with Crippen molar-refractivity contribution in [3.05, 3.63) is 54.1 Å². The number of sulfonamides is 1. The lowest BCUT2D eigenvalue weighted by molar-refractivity contribution is -0.116. The topological polar surface area (TPSA) is 111 Å². The van der Waals surface area contributed by atoms with Crippen LogP contribution in [-0.4, -0.2) is 41.1 Å². The highest BCUT2D eigenvalue weighted by Gasteiger charge is 2.16. The predicted octanol–water partition coefficient (Wildman–Crippen LogP) is 1.79. The maximum absolute atomic E-state index is 12.2. The van der Waals surface area contributed by atoms with Gasteiger partial charge in [0.1, 0.15) is 5.75 Å². The molecule has 8 nitrogen and oxygen atoms in total. The molecule has 0 aliphatic carbocycles. The van der Waals surface area contributed by atoms with Gasteiger partial charge < -0.3 is 14.8 Å². The lowest BCUT2D eigenvalue weighted by Gasteiger charge is -2.10. The van der Waals surface area contributed by atoms with Gasteiger partial charge in [0, 0.05) is 13.0 Å². The zero-order valence-electron chi connectivity index (χ0n) is 14.9. The molecule has 0 bridgehead atoms. The van der Waals surface area contributed by atoms with Crippen molar-refractivity contribution < 1.29 is 27.5 Å². The Hall–Kier alpha value is -2.91. The quantitative estimate of drug-likeness (QED) is 0.663. The second kappa shape index (κ2) is 9.15. The molecule has 0 spiro atoms. The summed E-state index contributed by atoms with van der Waals surface area (Å²) in [5.41, 5.74) is 0.513. The molecule has 2 rings (SSSR count). The summed E-state index contributed by atoms with van der Waals surface area (Å²) in [6, 6.07) is 12.3. The fraction of sp³-hybridized carbons (Fsp3) is 0.222. The molecule has 0 aliphatic heterocycles. The molecule has 0 aliphatic rings. The first-order chi connectivity index (χ1) is 12.9. The summed E-state index contributed by atoms with van der Waals surface area (Å²) < 4.78 is 36.4. The molecule has 2 aromatic rings. The van der Waals surface area contributed by atoms with Crippen molar-refractivity contribution in [2.75, 3.05) is 26.1 Å². The summed E-state index contributed by atoms with van der Waals surface area (Å²) in [4.78, 5) is 23.8. The van der Waals surface area contributed by atoms with E-state index in [1.54, 1.807) is 18.2 Å². The van der Waals surface area contributed by atoms with E-state index < -0.39 is 21.9 Å². The van der Waals surface area contributed by atoms with Gasteiger partial charge in [-0.05, 0) is 36.4 Å². The number of esters is 1. The van der Waals surface area contributed by atoms with Crippen LogP contribution in [0.25, 0.3) is 0 Å². The van der Waals surface area contributed by atoms with Gasteiger partial charge in [0.05, 0.1) is 30.4 Å². The molecular weight excluding hydrogens is 372 g/mol. The minimum Gasteiger partial charge on any atom is -0.497 e. The van der Waals surface area contributed by atoms with Crippen molar-refractivity contribution in [1.82, 2.24) is 4.72 Å². The summed E-state index contributed by atoms with van der Waals surface area (Å²) in [7, 11) is -1.01. The van der Waals surface area contributed by atoms with Crippen molar-refractivity contribution in [1.29, 1.82) is 0 Å². The zero-order valence-corrected chi connectivity index (χ0v) is 15.7. The third kappa shape index (κ3) is 5.53. The average Bonchev–Trinajstić information content (AvgIpc) is 2.67. The molecule has 0 fully saturated rings. The number of anilines is 1. The normalized spacial score (nSPS) is 10.9. The van der Waals surface area contributed by atoms with Crippen molar-refractivity contribution >= 4 is 27.6 Å². The zero-order chi connectivity index (χ0) is 19.9. The van der Waals surface area contributed by atoms with Crippen LogP contribution in [0.4, 0.5) is 5.69 Å². The van der Waals surface area contributed by atoms with Crippen LogP contribution in [0.3, 0.4) is 0 Å². The van der Waals surface area contributed by atoms with Gasteiger partial charge in [0.15, 0.2) is 0 Å². The summed E-state index contributed by atoms with van der Waals surface area (Å²) in [6.45, 7) is -0.0966. The first kappa shape index (κ1) is 20.4. The standard InChI is InChI=1S/C18H20N2O6S/c1-25-13-7-9-14(10-8-13)27(23,24)19-12-11-17(21)20-16-6-4-3-5-15(16)18(22)26-2/h3-10,19H,11-12H2,1-2H3,(H,20,21). The SMILES string of the molecule is COC(=O)c1ccccc1NC(=O)CCNS(=O)(=O)c1ccc(OC)cc1. The highest BCUT2D eigenvalue weighted by molar-refractivity contribution is 7.89. The third-order valence-electron chi connectivity index (χ3n) is 3.62. The van der Waals surface area contributed by atoms with E-state index in [-0.39, 0.29) is 23.4 Å². The van der Waals surface area contributed by atoms with Gasteiger partial charge >= 0.3 is 5.97 Å². The van der Waals surface area contributed by atoms with Crippen LogP contribution >= 0.6 is 0 Å². The number of rotatable bonds is 8. The maximum atomic E-state index is 12.2. The first-order valence-electron chi connectivity index (χ1n) is 7.98. The van der Waals surface area contributed by atoms with Crippen LogP contribution in [0.15, 0.2) is 53.4 Å². The number of amides is 1. The van der Waals surface area contributed by atoms with E-state index in [0.29, 0.717) is 11.4 Å². The number of para-hydroxylation sites is 1. The Morgan fingerprint density at radius 2 is 1.67 bits per heavy atom. The van der Waals surface area contributed by atoms with E-state index in [4.69, 9.17) is 4.74 Å². The largest absolute Gasteiger partial charge is 0.497 e. The van der Waals surface area contributed by atoms with E-state index in [1.165, 1.54) is 44.6 Å². The van der Waals surface area contributed by atoms with Crippen LogP contribution in [0, 0.1) is 0 Å². The van der Waals surface area contributed by atoms with E-state index >= 15 is 0 Å². The van der Waals surface area contributed by atoms with Gasteiger partial charge in [0.2, 0.25) is 15.9 Å². The molecule has 144 valence electrons. The van der Waals surface area contributed by atoms with Crippen molar-refractivity contribution in [3.63, 3.8) is 0 Å². The smallest absolute Gasteiger partial charge is 0.339 e. The molecule has 0 saturated heterocycles. The average molecular weight is 392 g/mol.